The van der Waals surface area contributed by atoms with Crippen LogP contribution in [0, 0.1) is 0 Å². The summed E-state index contributed by atoms with van der Waals surface area (Å²) >= 11 is 0. The van der Waals surface area contributed by atoms with E-state index in [0.29, 0.717) is 56.3 Å². The molecule has 2 aliphatic rings. The van der Waals surface area contributed by atoms with Crippen LogP contribution in [0.25, 0.3) is 0 Å². The molecule has 2 aliphatic heterocycles. The maximum atomic E-state index is 12.9. The lowest BCUT2D eigenvalue weighted by molar-refractivity contribution is 0.0729. The normalized spacial score (nSPS) is 17.9. The number of anilines is 1. The second-order valence-corrected chi connectivity index (χ2v) is 12.3. The number of sulfonamides is 2. The quantitative estimate of drug-likeness (QED) is 0.561. The summed E-state index contributed by atoms with van der Waals surface area (Å²) in [6.07, 6.45) is 1.64. The SMILES string of the molecule is COc1ccc(S(=O)(=O)N2CCCC2)cc1NC(=O)c1ccc(CS(=O)(=O)N2CCOCC2)cc1. The van der Waals surface area contributed by atoms with Crippen molar-refractivity contribution in [2.75, 3.05) is 51.8 Å². The molecule has 2 aromatic rings. The zero-order valence-corrected chi connectivity index (χ0v) is 21.1. The number of amides is 1. The third-order valence-electron chi connectivity index (χ3n) is 6.05. The van der Waals surface area contributed by atoms with E-state index in [-0.39, 0.29) is 16.3 Å². The van der Waals surface area contributed by atoms with Gasteiger partial charge in [0.15, 0.2) is 0 Å². The molecule has 0 aliphatic carbocycles. The number of methoxy groups -OCH3 is 1. The Hall–Kier alpha value is -2.51. The van der Waals surface area contributed by atoms with Crippen molar-refractivity contribution in [1.29, 1.82) is 0 Å². The summed E-state index contributed by atoms with van der Waals surface area (Å²) in [4.78, 5) is 13.0. The summed E-state index contributed by atoms with van der Waals surface area (Å²) in [7, 11) is -5.70. The highest BCUT2D eigenvalue weighted by atomic mass is 32.2. The molecule has 4 rings (SSSR count). The second kappa shape index (κ2) is 10.6. The van der Waals surface area contributed by atoms with Gasteiger partial charge in [-0.05, 0) is 48.7 Å². The van der Waals surface area contributed by atoms with E-state index in [9.17, 15) is 21.6 Å². The zero-order chi connectivity index (χ0) is 25.1. The zero-order valence-electron chi connectivity index (χ0n) is 19.5. The topological polar surface area (TPSA) is 122 Å². The molecule has 0 atom stereocenters. The molecule has 190 valence electrons. The van der Waals surface area contributed by atoms with Crippen molar-refractivity contribution < 1.29 is 31.1 Å². The molecule has 1 N–H and O–H groups in total. The van der Waals surface area contributed by atoms with Gasteiger partial charge in [0.1, 0.15) is 5.75 Å². The minimum absolute atomic E-state index is 0.0826. The van der Waals surface area contributed by atoms with E-state index in [4.69, 9.17) is 9.47 Å². The Morgan fingerprint density at radius 2 is 1.60 bits per heavy atom. The van der Waals surface area contributed by atoms with Gasteiger partial charge in [0.2, 0.25) is 20.0 Å². The fourth-order valence-electron chi connectivity index (χ4n) is 4.10. The number of hydrogen-bond donors (Lipinski definition) is 1. The molecular weight excluding hydrogens is 494 g/mol. The molecule has 2 fully saturated rings. The summed E-state index contributed by atoms with van der Waals surface area (Å²) in [5.74, 6) is -0.312. The van der Waals surface area contributed by atoms with E-state index in [2.05, 4.69) is 5.32 Å². The van der Waals surface area contributed by atoms with Crippen LogP contribution in [0.5, 0.6) is 5.75 Å². The van der Waals surface area contributed by atoms with Crippen LogP contribution in [0.1, 0.15) is 28.8 Å². The highest BCUT2D eigenvalue weighted by Gasteiger charge is 2.28. The van der Waals surface area contributed by atoms with Gasteiger partial charge < -0.3 is 14.8 Å². The summed E-state index contributed by atoms with van der Waals surface area (Å²) in [6.45, 7) is 2.37. The standard InChI is InChI=1S/C23H29N3O7S2/c1-32-22-9-8-20(35(30,31)26-10-2-3-11-26)16-21(22)24-23(27)19-6-4-18(5-7-19)17-34(28,29)25-12-14-33-15-13-25/h4-9,16H,2-3,10-15,17H2,1H3,(H,24,27). The lowest BCUT2D eigenvalue weighted by Crippen LogP contribution is -2.41. The Kier molecular flexibility index (Phi) is 7.77. The predicted octanol–water partition coefficient (Wildman–Crippen LogP) is 1.89. The van der Waals surface area contributed by atoms with Gasteiger partial charge in [-0.2, -0.15) is 8.61 Å². The molecule has 0 unspecified atom stereocenters. The fourth-order valence-corrected chi connectivity index (χ4v) is 7.14. The third-order valence-corrected chi connectivity index (χ3v) is 9.80. The minimum atomic E-state index is -3.66. The van der Waals surface area contributed by atoms with E-state index in [1.807, 2.05) is 0 Å². The third kappa shape index (κ3) is 5.84. The Bertz CT molecular complexity index is 1270. The first-order valence-electron chi connectivity index (χ1n) is 11.3. The molecule has 0 bridgehead atoms. The average molecular weight is 524 g/mol. The van der Waals surface area contributed by atoms with E-state index in [1.165, 1.54) is 46.1 Å². The van der Waals surface area contributed by atoms with Crippen molar-refractivity contribution in [3.05, 3.63) is 53.6 Å². The van der Waals surface area contributed by atoms with E-state index in [0.717, 1.165) is 12.8 Å². The number of nitrogens with one attached hydrogen (secondary N) is 1. The Labute approximate surface area is 205 Å². The van der Waals surface area contributed by atoms with Gasteiger partial charge in [0, 0.05) is 31.7 Å². The van der Waals surface area contributed by atoms with Crippen LogP contribution < -0.4 is 10.1 Å². The van der Waals surface area contributed by atoms with E-state index in [1.54, 1.807) is 12.1 Å². The summed E-state index contributed by atoms with van der Waals surface area (Å²) in [6, 6.07) is 10.6. The monoisotopic (exact) mass is 523 g/mol. The lowest BCUT2D eigenvalue weighted by atomic mass is 10.1. The van der Waals surface area contributed by atoms with Crippen LogP contribution in [0.4, 0.5) is 5.69 Å². The van der Waals surface area contributed by atoms with Gasteiger partial charge >= 0.3 is 0 Å². The van der Waals surface area contributed by atoms with Gasteiger partial charge in [-0.3, -0.25) is 4.79 Å². The number of carbonyl (C=O) groups excluding carboxylic acids is 1. The van der Waals surface area contributed by atoms with Gasteiger partial charge in [0.05, 0.1) is 36.7 Å². The molecule has 0 saturated carbocycles. The van der Waals surface area contributed by atoms with Gasteiger partial charge in [-0.25, -0.2) is 16.8 Å². The number of rotatable bonds is 8. The van der Waals surface area contributed by atoms with Crippen molar-refractivity contribution in [3.8, 4) is 5.75 Å². The van der Waals surface area contributed by atoms with Crippen LogP contribution in [0.3, 0.4) is 0 Å². The molecule has 35 heavy (non-hydrogen) atoms. The maximum Gasteiger partial charge on any atom is 0.255 e. The number of nitrogens with zero attached hydrogens (tertiary/aromatic N) is 2. The molecule has 0 radical (unpaired) electrons. The van der Waals surface area contributed by atoms with Crippen LogP contribution >= 0.6 is 0 Å². The van der Waals surface area contributed by atoms with Crippen molar-refractivity contribution >= 4 is 31.6 Å². The largest absolute Gasteiger partial charge is 0.495 e. The fraction of sp³-hybridized carbons (Fsp3) is 0.435. The van der Waals surface area contributed by atoms with Gasteiger partial charge in [-0.1, -0.05) is 12.1 Å². The summed E-state index contributed by atoms with van der Waals surface area (Å²) in [5.41, 5.74) is 1.09. The molecule has 0 aromatic heterocycles. The molecule has 2 heterocycles. The first kappa shape index (κ1) is 25.6. The maximum absolute atomic E-state index is 12.9. The van der Waals surface area contributed by atoms with E-state index >= 15 is 0 Å². The first-order valence-corrected chi connectivity index (χ1v) is 14.4. The highest BCUT2D eigenvalue weighted by molar-refractivity contribution is 7.89. The smallest absolute Gasteiger partial charge is 0.255 e. The highest BCUT2D eigenvalue weighted by Crippen LogP contribution is 2.30. The summed E-state index contributed by atoms with van der Waals surface area (Å²) in [5, 5.41) is 2.71. The van der Waals surface area contributed by atoms with Gasteiger partial charge in [-0.15, -0.1) is 0 Å². The average Bonchev–Trinajstić information content (AvgIpc) is 3.41. The number of morpholine rings is 1. The predicted molar refractivity (Wildman–Crippen MR) is 130 cm³/mol. The van der Waals surface area contributed by atoms with Gasteiger partial charge in [0.25, 0.3) is 5.91 Å². The second-order valence-electron chi connectivity index (χ2n) is 8.39. The van der Waals surface area contributed by atoms with Crippen molar-refractivity contribution in [1.82, 2.24) is 8.61 Å². The molecule has 2 saturated heterocycles. The van der Waals surface area contributed by atoms with Crippen molar-refractivity contribution in [2.45, 2.75) is 23.5 Å². The van der Waals surface area contributed by atoms with Crippen LogP contribution in [-0.2, 0) is 30.5 Å². The molecule has 10 nitrogen and oxygen atoms in total. The van der Waals surface area contributed by atoms with Crippen molar-refractivity contribution in [3.63, 3.8) is 0 Å². The molecule has 12 heteroatoms. The number of carbonyl (C=O) groups is 1. The Morgan fingerprint density at radius 3 is 2.23 bits per heavy atom. The molecule has 1 amide bonds. The number of benzene rings is 2. The minimum Gasteiger partial charge on any atom is -0.495 e. The lowest BCUT2D eigenvalue weighted by Gasteiger charge is -2.26. The molecule has 2 aromatic carbocycles. The van der Waals surface area contributed by atoms with Crippen LogP contribution in [-0.4, -0.2) is 77.9 Å². The molecular formula is C23H29N3O7S2. The van der Waals surface area contributed by atoms with E-state index < -0.39 is 26.0 Å². The van der Waals surface area contributed by atoms with Crippen LogP contribution in [0.2, 0.25) is 0 Å². The Balaban J connectivity index is 1.48. The number of hydrogen-bond acceptors (Lipinski definition) is 7. The Morgan fingerprint density at radius 1 is 0.943 bits per heavy atom. The number of ether oxygens (including phenoxy) is 2. The molecule has 0 spiro atoms. The summed E-state index contributed by atoms with van der Waals surface area (Å²) < 4.78 is 64.4. The van der Waals surface area contributed by atoms with Crippen LogP contribution in [0.15, 0.2) is 47.4 Å². The first-order chi connectivity index (χ1) is 16.7. The van der Waals surface area contributed by atoms with Crippen molar-refractivity contribution in [2.24, 2.45) is 0 Å².